The first-order valence-electron chi connectivity index (χ1n) is 10.9. The molecule has 4 amide bonds. The van der Waals surface area contributed by atoms with Gasteiger partial charge in [0, 0.05) is 22.7 Å². The van der Waals surface area contributed by atoms with E-state index in [0.717, 1.165) is 15.8 Å². The monoisotopic (exact) mass is 489 g/mol. The Morgan fingerprint density at radius 1 is 1.00 bits per heavy atom. The molecule has 2 aromatic heterocycles. The summed E-state index contributed by atoms with van der Waals surface area (Å²) in [5.74, 6) is -0.403. The van der Waals surface area contributed by atoms with Gasteiger partial charge in [-0.2, -0.15) is 0 Å². The van der Waals surface area contributed by atoms with Crippen LogP contribution in [0.4, 0.5) is 4.79 Å². The maximum absolute atomic E-state index is 13.1. The smallest absolute Gasteiger partial charge is 0.331 e. The van der Waals surface area contributed by atoms with Crippen molar-refractivity contribution in [1.29, 1.82) is 0 Å². The molecule has 9 heteroatoms. The van der Waals surface area contributed by atoms with E-state index in [1.165, 1.54) is 12.3 Å². The van der Waals surface area contributed by atoms with E-state index < -0.39 is 17.8 Å². The van der Waals surface area contributed by atoms with Crippen molar-refractivity contribution in [2.75, 3.05) is 6.61 Å². The SMILES string of the molecule is O=C1NC(=O)N(Cc2ccco2)C(=O)/C1=C\c1cn(CCOc2ccccc2Cl)c2ccccc12. The Morgan fingerprint density at radius 3 is 2.60 bits per heavy atom. The van der Waals surface area contributed by atoms with Crippen LogP contribution in [0.2, 0.25) is 5.02 Å². The largest absolute Gasteiger partial charge is 0.490 e. The summed E-state index contributed by atoms with van der Waals surface area (Å²) in [5, 5.41) is 3.62. The number of hydrogen-bond acceptors (Lipinski definition) is 5. The third kappa shape index (κ3) is 4.56. The van der Waals surface area contributed by atoms with Crippen LogP contribution >= 0.6 is 11.6 Å². The van der Waals surface area contributed by atoms with E-state index in [-0.39, 0.29) is 12.1 Å². The number of rotatable bonds is 7. The molecule has 1 aliphatic rings. The normalized spacial score (nSPS) is 15.2. The molecular weight excluding hydrogens is 470 g/mol. The molecule has 0 saturated carbocycles. The standard InChI is InChI=1S/C26H20ClN3O5/c27-21-8-2-4-10-23(21)35-13-11-29-15-17(19-7-1-3-9-22(19)29)14-20-24(31)28-26(33)30(25(20)32)16-18-6-5-12-34-18/h1-10,12,14-15H,11,13,16H2,(H,28,31,33)/b20-14-. The fourth-order valence-corrected chi connectivity index (χ4v) is 4.13. The second-order valence-electron chi connectivity index (χ2n) is 7.86. The van der Waals surface area contributed by atoms with Crippen LogP contribution in [0.3, 0.4) is 0 Å². The topological polar surface area (TPSA) is 93.8 Å². The maximum atomic E-state index is 13.1. The third-order valence-corrected chi connectivity index (χ3v) is 5.94. The summed E-state index contributed by atoms with van der Waals surface area (Å²) in [7, 11) is 0. The highest BCUT2D eigenvalue weighted by molar-refractivity contribution is 6.32. The highest BCUT2D eigenvalue weighted by Crippen LogP contribution is 2.26. The van der Waals surface area contributed by atoms with E-state index in [0.29, 0.717) is 35.2 Å². The number of nitrogens with one attached hydrogen (secondary N) is 1. The Balaban J connectivity index is 1.42. The predicted molar refractivity (Wildman–Crippen MR) is 130 cm³/mol. The van der Waals surface area contributed by atoms with Gasteiger partial charge >= 0.3 is 6.03 Å². The zero-order chi connectivity index (χ0) is 24.4. The van der Waals surface area contributed by atoms with E-state index in [9.17, 15) is 14.4 Å². The van der Waals surface area contributed by atoms with Crippen LogP contribution in [-0.2, 0) is 22.7 Å². The van der Waals surface area contributed by atoms with Crippen LogP contribution in [0.25, 0.3) is 17.0 Å². The Morgan fingerprint density at radius 2 is 1.80 bits per heavy atom. The summed E-state index contributed by atoms with van der Waals surface area (Å²) in [6, 6.07) is 17.4. The van der Waals surface area contributed by atoms with Crippen molar-refractivity contribution >= 4 is 46.4 Å². The maximum Gasteiger partial charge on any atom is 0.331 e. The molecule has 1 saturated heterocycles. The molecule has 0 bridgehead atoms. The predicted octanol–water partition coefficient (Wildman–Crippen LogP) is 4.63. The fourth-order valence-electron chi connectivity index (χ4n) is 3.94. The van der Waals surface area contributed by atoms with Crippen molar-refractivity contribution in [1.82, 2.24) is 14.8 Å². The molecule has 1 aliphatic heterocycles. The molecule has 176 valence electrons. The molecule has 4 aromatic rings. The molecule has 8 nitrogen and oxygen atoms in total. The van der Waals surface area contributed by atoms with Gasteiger partial charge in [-0.25, -0.2) is 4.79 Å². The lowest BCUT2D eigenvalue weighted by Gasteiger charge is -2.25. The lowest BCUT2D eigenvalue weighted by Crippen LogP contribution is -2.53. The molecule has 0 aliphatic carbocycles. The summed E-state index contributed by atoms with van der Waals surface area (Å²) < 4.78 is 13.1. The number of carbonyl (C=O) groups excluding carboxylic acids is 3. The summed E-state index contributed by atoms with van der Waals surface area (Å²) in [6.45, 7) is 0.796. The van der Waals surface area contributed by atoms with E-state index in [2.05, 4.69) is 5.32 Å². The number of para-hydroxylation sites is 2. The van der Waals surface area contributed by atoms with Gasteiger partial charge in [0.15, 0.2) is 0 Å². The molecule has 0 atom stereocenters. The second-order valence-corrected chi connectivity index (χ2v) is 8.27. The van der Waals surface area contributed by atoms with Gasteiger partial charge in [-0.3, -0.25) is 19.8 Å². The minimum atomic E-state index is -0.785. The summed E-state index contributed by atoms with van der Waals surface area (Å²) in [5.41, 5.74) is 1.45. The summed E-state index contributed by atoms with van der Waals surface area (Å²) >= 11 is 6.16. The van der Waals surface area contributed by atoms with Crippen LogP contribution < -0.4 is 10.1 Å². The van der Waals surface area contributed by atoms with Crippen LogP contribution in [0.5, 0.6) is 5.75 Å². The minimum Gasteiger partial charge on any atom is -0.490 e. The lowest BCUT2D eigenvalue weighted by molar-refractivity contribution is -0.130. The Bertz CT molecular complexity index is 1450. The zero-order valence-corrected chi connectivity index (χ0v) is 19.2. The first kappa shape index (κ1) is 22.5. The van der Waals surface area contributed by atoms with Crippen LogP contribution in [0.1, 0.15) is 11.3 Å². The molecule has 3 heterocycles. The molecule has 0 spiro atoms. The van der Waals surface area contributed by atoms with E-state index >= 15 is 0 Å². The molecule has 2 aromatic carbocycles. The molecule has 0 unspecified atom stereocenters. The number of furan rings is 1. The first-order chi connectivity index (χ1) is 17.0. The number of fused-ring (bicyclic) bond motifs is 1. The summed E-state index contributed by atoms with van der Waals surface area (Å²) in [4.78, 5) is 38.9. The van der Waals surface area contributed by atoms with Gasteiger partial charge in [0.05, 0.1) is 24.4 Å². The average molecular weight is 490 g/mol. The van der Waals surface area contributed by atoms with Gasteiger partial charge in [0.25, 0.3) is 11.8 Å². The fraction of sp³-hybridized carbons (Fsp3) is 0.115. The van der Waals surface area contributed by atoms with Gasteiger partial charge < -0.3 is 13.7 Å². The number of hydrogen-bond donors (Lipinski definition) is 1. The van der Waals surface area contributed by atoms with Crippen LogP contribution in [0, 0.1) is 0 Å². The number of carbonyl (C=O) groups is 3. The number of benzene rings is 2. The number of imide groups is 2. The molecule has 0 radical (unpaired) electrons. The van der Waals surface area contributed by atoms with Crippen LogP contribution in [-0.4, -0.2) is 33.9 Å². The number of barbiturate groups is 1. The van der Waals surface area contributed by atoms with Crippen molar-refractivity contribution < 1.29 is 23.5 Å². The van der Waals surface area contributed by atoms with E-state index in [1.807, 2.05) is 47.2 Å². The Hall–Kier alpha value is -4.30. The second kappa shape index (κ2) is 9.52. The first-order valence-corrected chi connectivity index (χ1v) is 11.3. The number of aromatic nitrogens is 1. The molecular formula is C26H20ClN3O5. The molecule has 1 fully saturated rings. The summed E-state index contributed by atoms with van der Waals surface area (Å²) in [6.07, 6.45) is 4.81. The highest BCUT2D eigenvalue weighted by atomic mass is 35.5. The third-order valence-electron chi connectivity index (χ3n) is 5.63. The van der Waals surface area contributed by atoms with Gasteiger partial charge in [-0.05, 0) is 36.4 Å². The van der Waals surface area contributed by atoms with Crippen molar-refractivity contribution in [2.24, 2.45) is 0 Å². The number of amides is 4. The molecule has 5 rings (SSSR count). The van der Waals surface area contributed by atoms with Crippen LogP contribution in [0.15, 0.2) is 83.1 Å². The molecule has 1 N–H and O–H groups in total. The van der Waals surface area contributed by atoms with Crippen molar-refractivity contribution in [2.45, 2.75) is 13.1 Å². The highest BCUT2D eigenvalue weighted by Gasteiger charge is 2.36. The number of urea groups is 1. The Labute approximate surface area is 205 Å². The number of halogens is 1. The Kier molecular flexibility index (Phi) is 6.12. The number of ether oxygens (including phenoxy) is 1. The van der Waals surface area contributed by atoms with Gasteiger partial charge in [-0.1, -0.05) is 41.9 Å². The van der Waals surface area contributed by atoms with Gasteiger partial charge in [0.1, 0.15) is 23.7 Å². The minimum absolute atomic E-state index is 0.0799. The zero-order valence-electron chi connectivity index (χ0n) is 18.4. The molecule has 35 heavy (non-hydrogen) atoms. The van der Waals surface area contributed by atoms with E-state index in [4.69, 9.17) is 20.8 Å². The number of nitrogens with zero attached hydrogens (tertiary/aromatic N) is 2. The van der Waals surface area contributed by atoms with Gasteiger partial charge in [-0.15, -0.1) is 0 Å². The lowest BCUT2D eigenvalue weighted by atomic mass is 10.1. The van der Waals surface area contributed by atoms with Crippen molar-refractivity contribution in [3.05, 3.63) is 95.0 Å². The van der Waals surface area contributed by atoms with Crippen molar-refractivity contribution in [3.8, 4) is 5.75 Å². The average Bonchev–Trinajstić information content (AvgIpc) is 3.49. The van der Waals surface area contributed by atoms with E-state index in [1.54, 1.807) is 24.3 Å². The van der Waals surface area contributed by atoms with Gasteiger partial charge in [0.2, 0.25) is 0 Å². The quantitative estimate of drug-likeness (QED) is 0.302. The van der Waals surface area contributed by atoms with Crippen molar-refractivity contribution in [3.63, 3.8) is 0 Å².